The van der Waals surface area contributed by atoms with Gasteiger partial charge in [0.25, 0.3) is 0 Å². The summed E-state index contributed by atoms with van der Waals surface area (Å²) in [5.74, 6) is 0. The fourth-order valence-electron chi connectivity index (χ4n) is 0. The van der Waals surface area contributed by atoms with E-state index in [2.05, 4.69) is 0 Å². The van der Waals surface area contributed by atoms with Crippen molar-refractivity contribution in [2.45, 2.75) is 0 Å². The van der Waals surface area contributed by atoms with E-state index in [0.717, 1.165) is 0 Å². The lowest BCUT2D eigenvalue weighted by atomic mass is 15.7. The molecule has 6 radical (unpaired) electrons. The third kappa shape index (κ3) is 224. The van der Waals surface area contributed by atoms with Gasteiger partial charge in [0.2, 0.25) is 0 Å². The molecule has 0 bridgehead atoms. The second-order valence-corrected chi connectivity index (χ2v) is 1.80. The highest BCUT2D eigenvalue weighted by molar-refractivity contribution is 6.46. The zero-order chi connectivity index (χ0) is 4.50. The van der Waals surface area contributed by atoms with Crippen molar-refractivity contribution in [3.63, 3.8) is 0 Å². The Morgan fingerprint density at radius 1 is 0.750 bits per heavy atom. The molecule has 6 N–H and O–H groups in total. The molecule has 46 valence electrons. The zero-order valence-corrected chi connectivity index (χ0v) is 7.25. The highest BCUT2D eigenvalue weighted by Crippen LogP contribution is 1.67. The summed E-state index contributed by atoms with van der Waals surface area (Å²) >= 11 is 0. The van der Waals surface area contributed by atoms with Crippen molar-refractivity contribution in [3.8, 4) is 0 Å². The first-order valence-electron chi connectivity index (χ1n) is 0.894. The molecular weight excluding hydrogens is 162 g/mol. The van der Waals surface area contributed by atoms with E-state index in [-0.39, 0.29) is 40.2 Å². The van der Waals surface area contributed by atoms with Gasteiger partial charge >= 0.3 is 9.05 Å². The molecule has 0 aliphatic rings. The zero-order valence-electron chi connectivity index (χ0n) is 3.94. The first-order chi connectivity index (χ1) is 2.00. The van der Waals surface area contributed by atoms with E-state index < -0.39 is 9.05 Å². The van der Waals surface area contributed by atoms with E-state index in [1.165, 1.54) is 0 Å². The lowest BCUT2D eigenvalue weighted by Crippen LogP contribution is -2.33. The Hall–Kier alpha value is 1.08. The minimum atomic E-state index is -4.61. The summed E-state index contributed by atoms with van der Waals surface area (Å²) < 4.78 is 0. The van der Waals surface area contributed by atoms with Gasteiger partial charge in [0.05, 0.1) is 0 Å². The predicted octanol–water partition coefficient (Wildman–Crippen LogP) is -4.20. The van der Waals surface area contributed by atoms with Crippen LogP contribution in [0.5, 0.6) is 0 Å². The molecule has 0 unspecified atom stereocenters. The summed E-state index contributed by atoms with van der Waals surface area (Å²) in [4.78, 5) is 29.3. The third-order valence-corrected chi connectivity index (χ3v) is 0. The van der Waals surface area contributed by atoms with Gasteiger partial charge in [0.1, 0.15) is 0 Å². The topological polar surface area (TPSA) is 112 Å². The Labute approximate surface area is 68.7 Å². The second kappa shape index (κ2) is 8.08. The van der Waals surface area contributed by atoms with Crippen LogP contribution in [0, 0.1) is 0 Å². The van der Waals surface area contributed by atoms with E-state index in [9.17, 15) is 0 Å². The van der Waals surface area contributed by atoms with Gasteiger partial charge in [-0.05, 0) is 0 Å². The van der Waals surface area contributed by atoms with Crippen LogP contribution in [-0.4, -0.2) is 68.4 Å². The van der Waals surface area contributed by atoms with Crippen LogP contribution >= 0.6 is 0 Å². The number of rotatable bonds is 0. The SMILES string of the molecule is O.O[Si](O)(O)O.[Al].[Al]. The Kier molecular flexibility index (Phi) is 23.2. The fraction of sp³-hybridized carbons (Fsp3) is 0. The molecule has 0 heterocycles. The van der Waals surface area contributed by atoms with Crippen LogP contribution < -0.4 is 0 Å². The average Bonchev–Trinajstić information content (AvgIpc) is 0.722. The maximum Gasteiger partial charge on any atom is 0.668 e. The standard InChI is InChI=1S/2Al.H4O4Si.H2O/c;;1-5(2,3)4;/h;;1-4H;1H2. The Morgan fingerprint density at radius 3 is 0.750 bits per heavy atom. The Balaban J connectivity index is -0.0000000267. The van der Waals surface area contributed by atoms with Crippen LogP contribution in [0.2, 0.25) is 0 Å². The van der Waals surface area contributed by atoms with E-state index in [1.807, 2.05) is 0 Å². The molecule has 8 heavy (non-hydrogen) atoms. The molecule has 0 spiro atoms. The van der Waals surface area contributed by atoms with Crippen LogP contribution in [0.3, 0.4) is 0 Å². The molecular formula is H6Al2O5Si. The van der Waals surface area contributed by atoms with Crippen molar-refractivity contribution in [1.29, 1.82) is 0 Å². The quantitative estimate of drug-likeness (QED) is 0.275. The van der Waals surface area contributed by atoms with Crippen molar-refractivity contribution in [1.82, 2.24) is 0 Å². The molecule has 0 aromatic rings. The molecule has 8 heteroatoms. The van der Waals surface area contributed by atoms with Crippen LogP contribution in [-0.2, 0) is 0 Å². The smallest absolute Gasteiger partial charge is 0.412 e. The molecule has 0 atom stereocenters. The van der Waals surface area contributed by atoms with Crippen LogP contribution in [0.15, 0.2) is 0 Å². The van der Waals surface area contributed by atoms with E-state index in [4.69, 9.17) is 19.2 Å². The lowest BCUT2D eigenvalue weighted by molar-refractivity contribution is 0.117. The molecule has 0 aliphatic heterocycles. The first kappa shape index (κ1) is 23.0. The van der Waals surface area contributed by atoms with Gasteiger partial charge in [-0.25, -0.2) is 0 Å². The van der Waals surface area contributed by atoms with Crippen LogP contribution in [0.25, 0.3) is 0 Å². The van der Waals surface area contributed by atoms with Gasteiger partial charge in [0, 0.05) is 34.7 Å². The summed E-state index contributed by atoms with van der Waals surface area (Å²) in [6.07, 6.45) is 0. The monoisotopic (exact) mass is 168 g/mol. The number of hydrogen-bond donors (Lipinski definition) is 4. The normalized spacial score (nSPS) is 7.50. The molecule has 0 aliphatic carbocycles. The van der Waals surface area contributed by atoms with E-state index >= 15 is 0 Å². The second-order valence-electron chi connectivity index (χ2n) is 0.600. The summed E-state index contributed by atoms with van der Waals surface area (Å²) in [5.41, 5.74) is 0. The Morgan fingerprint density at radius 2 is 0.750 bits per heavy atom. The predicted molar refractivity (Wildman–Crippen MR) is 29.8 cm³/mol. The van der Waals surface area contributed by atoms with Gasteiger partial charge in [-0.15, -0.1) is 0 Å². The third-order valence-electron chi connectivity index (χ3n) is 0. The van der Waals surface area contributed by atoms with Crippen LogP contribution in [0.1, 0.15) is 0 Å². The minimum Gasteiger partial charge on any atom is -0.412 e. The van der Waals surface area contributed by atoms with Crippen molar-refractivity contribution in [3.05, 3.63) is 0 Å². The molecule has 0 amide bonds. The van der Waals surface area contributed by atoms with Gasteiger partial charge in [0.15, 0.2) is 0 Å². The molecule has 0 fully saturated rings. The maximum absolute atomic E-state index is 7.33. The van der Waals surface area contributed by atoms with Crippen LogP contribution in [0.4, 0.5) is 0 Å². The van der Waals surface area contributed by atoms with Gasteiger partial charge in [-0.1, -0.05) is 0 Å². The Bertz CT molecular complexity index is 25.9. The molecule has 0 rings (SSSR count). The highest BCUT2D eigenvalue weighted by atomic mass is 28.4. The molecule has 0 saturated carbocycles. The van der Waals surface area contributed by atoms with Gasteiger partial charge in [-0.2, -0.15) is 0 Å². The number of hydrogen-bond acceptors (Lipinski definition) is 4. The minimum absolute atomic E-state index is 0. The van der Waals surface area contributed by atoms with Gasteiger partial charge in [-0.3, -0.25) is 0 Å². The van der Waals surface area contributed by atoms with E-state index in [1.54, 1.807) is 0 Å². The molecule has 0 saturated heterocycles. The molecule has 0 aromatic heterocycles. The first-order valence-corrected chi connectivity index (χ1v) is 2.68. The van der Waals surface area contributed by atoms with Crippen molar-refractivity contribution in [2.24, 2.45) is 0 Å². The molecule has 0 aromatic carbocycles. The van der Waals surface area contributed by atoms with Crippen molar-refractivity contribution < 1.29 is 24.7 Å². The van der Waals surface area contributed by atoms with Crippen molar-refractivity contribution >= 4 is 43.8 Å². The molecule has 5 nitrogen and oxygen atoms in total. The van der Waals surface area contributed by atoms with Crippen molar-refractivity contribution in [2.75, 3.05) is 0 Å². The van der Waals surface area contributed by atoms with E-state index in [0.29, 0.717) is 0 Å². The average molecular weight is 168 g/mol. The fourth-order valence-corrected chi connectivity index (χ4v) is 0. The largest absolute Gasteiger partial charge is 0.668 e. The summed E-state index contributed by atoms with van der Waals surface area (Å²) in [6.45, 7) is 0. The maximum atomic E-state index is 7.33. The summed E-state index contributed by atoms with van der Waals surface area (Å²) in [5, 5.41) is 0. The summed E-state index contributed by atoms with van der Waals surface area (Å²) in [6, 6.07) is 0. The van der Waals surface area contributed by atoms with Gasteiger partial charge < -0.3 is 24.7 Å². The lowest BCUT2D eigenvalue weighted by Gasteiger charge is -1.91. The highest BCUT2D eigenvalue weighted by Gasteiger charge is 2.22. The summed E-state index contributed by atoms with van der Waals surface area (Å²) in [7, 11) is -4.61.